The number of hydrogen-bond acceptors (Lipinski definition) is 7. The van der Waals surface area contributed by atoms with E-state index >= 15 is 0 Å². The molecule has 29 heavy (non-hydrogen) atoms. The molecule has 0 fully saturated rings. The molecule has 1 aromatic heterocycles. The van der Waals surface area contributed by atoms with E-state index in [4.69, 9.17) is 12.2 Å². The van der Waals surface area contributed by atoms with E-state index in [2.05, 4.69) is 25.3 Å². The van der Waals surface area contributed by atoms with Crippen LogP contribution in [0, 0.1) is 10.1 Å². The predicted octanol–water partition coefficient (Wildman–Crippen LogP) is 2.99. The average Bonchev–Trinajstić information content (AvgIpc) is 2.69. The zero-order valence-electron chi connectivity index (χ0n) is 14.6. The number of aromatic nitrogens is 2. The summed E-state index contributed by atoms with van der Waals surface area (Å²) in [6.45, 7) is 0. The zero-order valence-corrected chi connectivity index (χ0v) is 16.3. The summed E-state index contributed by atoms with van der Waals surface area (Å²) in [5, 5.41) is 16.7. The summed E-state index contributed by atoms with van der Waals surface area (Å²) in [5.41, 5.74) is 1.10. The van der Waals surface area contributed by atoms with E-state index in [-0.39, 0.29) is 21.6 Å². The minimum Gasteiger partial charge on any atom is -0.332 e. The van der Waals surface area contributed by atoms with Crippen molar-refractivity contribution in [2.45, 2.75) is 4.90 Å². The van der Waals surface area contributed by atoms with Gasteiger partial charge in [-0.15, -0.1) is 0 Å². The summed E-state index contributed by atoms with van der Waals surface area (Å²) in [5.74, 6) is -0.0248. The molecule has 10 nitrogen and oxygen atoms in total. The van der Waals surface area contributed by atoms with Crippen molar-refractivity contribution in [3.05, 3.63) is 77.1 Å². The molecule has 0 aliphatic carbocycles. The number of rotatable bonds is 6. The van der Waals surface area contributed by atoms with Crippen molar-refractivity contribution >= 4 is 50.4 Å². The lowest BCUT2D eigenvalue weighted by molar-refractivity contribution is -0.384. The molecule has 3 rings (SSSR count). The number of anilines is 3. The molecule has 0 amide bonds. The molecule has 0 spiro atoms. The number of benzene rings is 2. The third kappa shape index (κ3) is 5.43. The minimum atomic E-state index is -3.82. The normalized spacial score (nSPS) is 10.8. The summed E-state index contributed by atoms with van der Waals surface area (Å²) in [6.07, 6.45) is 2.85. The second-order valence-corrected chi connectivity index (χ2v) is 7.68. The molecule has 0 bridgehead atoms. The van der Waals surface area contributed by atoms with Crippen LogP contribution >= 0.6 is 12.2 Å². The standard InChI is InChI=1S/C17H14N6O4S2/c24-23(25)14-6-2-12(3-7-14)20-17(28)21-13-4-8-15(9-5-13)29(26,27)22-16-18-10-1-11-19-16/h1-11H,(H,18,19,22)(H2,20,21,28). The van der Waals surface area contributed by atoms with Crippen LogP contribution < -0.4 is 15.4 Å². The number of nitrogens with zero attached hydrogens (tertiary/aromatic N) is 3. The Kier molecular flexibility index (Phi) is 5.95. The molecular weight excluding hydrogens is 416 g/mol. The summed E-state index contributed by atoms with van der Waals surface area (Å²) >= 11 is 5.19. The Morgan fingerprint density at radius 3 is 1.97 bits per heavy atom. The van der Waals surface area contributed by atoms with E-state index in [1.165, 1.54) is 48.8 Å². The number of thiocarbonyl (C=S) groups is 1. The van der Waals surface area contributed by atoms with E-state index < -0.39 is 14.9 Å². The Morgan fingerprint density at radius 2 is 1.45 bits per heavy atom. The van der Waals surface area contributed by atoms with Crippen LogP contribution in [0.1, 0.15) is 0 Å². The fourth-order valence-electron chi connectivity index (χ4n) is 2.21. The fourth-order valence-corrected chi connectivity index (χ4v) is 3.40. The number of nitrogens with one attached hydrogen (secondary N) is 3. The van der Waals surface area contributed by atoms with Crippen LogP contribution in [-0.2, 0) is 10.0 Å². The van der Waals surface area contributed by atoms with Gasteiger partial charge < -0.3 is 10.6 Å². The molecule has 148 valence electrons. The van der Waals surface area contributed by atoms with Gasteiger partial charge in [0.05, 0.1) is 9.82 Å². The summed E-state index contributed by atoms with van der Waals surface area (Å²) < 4.78 is 27.0. The summed E-state index contributed by atoms with van der Waals surface area (Å²) in [7, 11) is -3.82. The van der Waals surface area contributed by atoms with Gasteiger partial charge in [-0.3, -0.25) is 10.1 Å². The van der Waals surface area contributed by atoms with Crippen molar-refractivity contribution in [3.8, 4) is 0 Å². The molecule has 0 aliphatic rings. The monoisotopic (exact) mass is 430 g/mol. The quantitative estimate of drug-likeness (QED) is 0.306. The molecular formula is C17H14N6O4S2. The Hall–Kier alpha value is -3.64. The van der Waals surface area contributed by atoms with Crippen molar-refractivity contribution in [2.75, 3.05) is 15.4 Å². The van der Waals surface area contributed by atoms with Crippen LogP contribution in [0.3, 0.4) is 0 Å². The number of hydrogen-bond donors (Lipinski definition) is 3. The Labute approximate surface area is 171 Å². The van der Waals surface area contributed by atoms with Gasteiger partial charge in [-0.05, 0) is 54.7 Å². The SMILES string of the molecule is O=[N+]([O-])c1ccc(NC(=S)Nc2ccc(S(=O)(=O)Nc3ncccn3)cc2)cc1. The third-order valence-corrected chi connectivity index (χ3v) is 5.10. The van der Waals surface area contributed by atoms with Crippen molar-refractivity contribution in [2.24, 2.45) is 0 Å². The Bertz CT molecular complexity index is 1120. The molecule has 0 unspecified atom stereocenters. The van der Waals surface area contributed by atoms with Crippen LogP contribution in [-0.4, -0.2) is 28.4 Å². The van der Waals surface area contributed by atoms with Crippen LogP contribution in [0.2, 0.25) is 0 Å². The second kappa shape index (κ2) is 8.58. The molecule has 0 aliphatic heterocycles. The lowest BCUT2D eigenvalue weighted by atomic mass is 10.3. The maximum Gasteiger partial charge on any atom is 0.269 e. The molecule has 0 saturated carbocycles. The van der Waals surface area contributed by atoms with Gasteiger partial charge in [0.1, 0.15) is 0 Å². The first-order chi connectivity index (χ1) is 13.8. The highest BCUT2D eigenvalue weighted by atomic mass is 32.2. The highest BCUT2D eigenvalue weighted by Crippen LogP contribution is 2.18. The molecule has 0 saturated heterocycles. The van der Waals surface area contributed by atoms with Gasteiger partial charge in [-0.1, -0.05) is 0 Å². The molecule has 1 heterocycles. The first-order valence-electron chi connectivity index (χ1n) is 8.06. The van der Waals surface area contributed by atoms with E-state index in [0.29, 0.717) is 11.4 Å². The van der Waals surface area contributed by atoms with Gasteiger partial charge in [-0.25, -0.2) is 23.1 Å². The average molecular weight is 430 g/mol. The largest absolute Gasteiger partial charge is 0.332 e. The fraction of sp³-hybridized carbons (Fsp3) is 0. The maximum absolute atomic E-state index is 12.4. The van der Waals surface area contributed by atoms with Gasteiger partial charge in [0.2, 0.25) is 5.95 Å². The minimum absolute atomic E-state index is 0.0248. The van der Waals surface area contributed by atoms with Gasteiger partial charge in [0.15, 0.2) is 5.11 Å². The van der Waals surface area contributed by atoms with Crippen LogP contribution in [0.4, 0.5) is 23.0 Å². The highest BCUT2D eigenvalue weighted by molar-refractivity contribution is 7.92. The topological polar surface area (TPSA) is 139 Å². The Morgan fingerprint density at radius 1 is 0.931 bits per heavy atom. The number of nitro benzene ring substituents is 1. The number of nitro groups is 1. The first kappa shape index (κ1) is 20.1. The zero-order chi connectivity index (χ0) is 20.9. The van der Waals surface area contributed by atoms with E-state index in [0.717, 1.165) is 0 Å². The van der Waals surface area contributed by atoms with Crippen LogP contribution in [0.25, 0.3) is 0 Å². The highest BCUT2D eigenvalue weighted by Gasteiger charge is 2.15. The van der Waals surface area contributed by atoms with Crippen LogP contribution in [0.15, 0.2) is 71.9 Å². The van der Waals surface area contributed by atoms with E-state index in [1.54, 1.807) is 18.2 Å². The van der Waals surface area contributed by atoms with Gasteiger partial charge >= 0.3 is 0 Å². The molecule has 0 atom stereocenters. The van der Waals surface area contributed by atoms with Crippen molar-refractivity contribution in [1.82, 2.24) is 9.97 Å². The van der Waals surface area contributed by atoms with Gasteiger partial charge in [-0.2, -0.15) is 0 Å². The molecule has 3 aromatic rings. The van der Waals surface area contributed by atoms with Crippen molar-refractivity contribution < 1.29 is 13.3 Å². The molecule has 12 heteroatoms. The van der Waals surface area contributed by atoms with Gasteiger partial charge in [0.25, 0.3) is 15.7 Å². The smallest absolute Gasteiger partial charge is 0.269 e. The number of non-ortho nitro benzene ring substituents is 1. The predicted molar refractivity (Wildman–Crippen MR) is 112 cm³/mol. The molecule has 0 radical (unpaired) electrons. The summed E-state index contributed by atoms with van der Waals surface area (Å²) in [4.78, 5) is 17.9. The van der Waals surface area contributed by atoms with Crippen LogP contribution in [0.5, 0.6) is 0 Å². The van der Waals surface area contributed by atoms with Gasteiger partial charge in [0, 0.05) is 35.9 Å². The lowest BCUT2D eigenvalue weighted by Crippen LogP contribution is -2.19. The van der Waals surface area contributed by atoms with E-state index in [9.17, 15) is 18.5 Å². The second-order valence-electron chi connectivity index (χ2n) is 5.59. The molecule has 2 aromatic carbocycles. The third-order valence-electron chi connectivity index (χ3n) is 3.55. The number of sulfonamides is 1. The van der Waals surface area contributed by atoms with E-state index in [1.807, 2.05) is 0 Å². The summed E-state index contributed by atoms with van der Waals surface area (Å²) in [6, 6.07) is 13.2. The van der Waals surface area contributed by atoms with Crippen molar-refractivity contribution in [1.29, 1.82) is 0 Å². The molecule has 3 N–H and O–H groups in total. The van der Waals surface area contributed by atoms with Crippen molar-refractivity contribution in [3.63, 3.8) is 0 Å². The maximum atomic E-state index is 12.4. The Balaban J connectivity index is 1.62. The first-order valence-corrected chi connectivity index (χ1v) is 9.95. The lowest BCUT2D eigenvalue weighted by Gasteiger charge is -2.11.